The van der Waals surface area contributed by atoms with Crippen LogP contribution in [0.15, 0.2) is 30.3 Å². The molecule has 128 valence electrons. The van der Waals surface area contributed by atoms with Gasteiger partial charge in [-0.25, -0.2) is 13.2 Å². The molecule has 24 heavy (non-hydrogen) atoms. The lowest BCUT2D eigenvalue weighted by Gasteiger charge is -2.16. The quantitative estimate of drug-likeness (QED) is 0.729. The first-order valence-electron chi connectivity index (χ1n) is 7.26. The topological polar surface area (TPSA) is 41.1 Å². The maximum atomic E-state index is 14.0. The summed E-state index contributed by atoms with van der Waals surface area (Å²) in [4.78, 5) is 10.6. The fourth-order valence-electron chi connectivity index (χ4n) is 2.37. The smallest absolute Gasteiger partial charge is 0.211 e. The zero-order chi connectivity index (χ0) is 17.7. The second-order valence-corrected chi connectivity index (χ2v) is 5.77. The van der Waals surface area contributed by atoms with Crippen molar-refractivity contribution in [2.24, 2.45) is 0 Å². The number of carbonyl (C=O) groups is 1. The van der Waals surface area contributed by atoms with Gasteiger partial charge in [-0.05, 0) is 29.2 Å². The van der Waals surface area contributed by atoms with Crippen molar-refractivity contribution in [2.45, 2.75) is 19.4 Å². The van der Waals surface area contributed by atoms with Crippen molar-refractivity contribution in [1.29, 1.82) is 0 Å². The van der Waals surface area contributed by atoms with Gasteiger partial charge in [0.25, 0.3) is 0 Å². The van der Waals surface area contributed by atoms with Crippen LogP contribution in [0.25, 0.3) is 0 Å². The third-order valence-corrected chi connectivity index (χ3v) is 3.93. The van der Waals surface area contributed by atoms with Gasteiger partial charge < -0.3 is 10.6 Å². The van der Waals surface area contributed by atoms with E-state index >= 15 is 0 Å². The van der Waals surface area contributed by atoms with Crippen molar-refractivity contribution in [3.05, 3.63) is 63.9 Å². The Balaban J connectivity index is 2.05. The molecule has 2 N–H and O–H groups in total. The summed E-state index contributed by atoms with van der Waals surface area (Å²) in [6.07, 6.45) is 0.389. The van der Waals surface area contributed by atoms with Crippen LogP contribution in [0.3, 0.4) is 0 Å². The van der Waals surface area contributed by atoms with E-state index in [0.717, 1.165) is 12.1 Å². The maximum Gasteiger partial charge on any atom is 0.211 e. The van der Waals surface area contributed by atoms with Crippen LogP contribution >= 0.6 is 11.6 Å². The first-order valence-corrected chi connectivity index (χ1v) is 7.64. The summed E-state index contributed by atoms with van der Waals surface area (Å²) in [6, 6.07) is 6.71. The van der Waals surface area contributed by atoms with Gasteiger partial charge in [0, 0.05) is 24.8 Å². The predicted molar refractivity (Wildman–Crippen MR) is 87.6 cm³/mol. The first-order chi connectivity index (χ1) is 11.4. The Morgan fingerprint density at radius 3 is 2.62 bits per heavy atom. The summed E-state index contributed by atoms with van der Waals surface area (Å²) in [5.74, 6) is -2.70. The molecular formula is C17H16ClF3N2O. The molecule has 0 saturated carbocycles. The minimum absolute atomic E-state index is 0.0532. The molecule has 0 saturated heterocycles. The van der Waals surface area contributed by atoms with Crippen LogP contribution in [-0.2, 0) is 11.3 Å². The lowest BCUT2D eigenvalue weighted by molar-refractivity contribution is -0.105. The summed E-state index contributed by atoms with van der Waals surface area (Å²) in [7, 11) is 0. The summed E-state index contributed by atoms with van der Waals surface area (Å²) in [5.41, 5.74) is 1.03. The molecule has 0 bridgehead atoms. The molecule has 0 aromatic heterocycles. The van der Waals surface area contributed by atoms with Crippen LogP contribution in [0.5, 0.6) is 0 Å². The fraction of sp³-hybridized carbons (Fsp3) is 0.235. The number of anilines is 1. The number of benzene rings is 2. The van der Waals surface area contributed by atoms with Gasteiger partial charge >= 0.3 is 0 Å². The van der Waals surface area contributed by atoms with Crippen molar-refractivity contribution in [3.63, 3.8) is 0 Å². The highest BCUT2D eigenvalue weighted by molar-refractivity contribution is 6.30. The minimum Gasteiger partial charge on any atom is -0.328 e. The molecule has 0 heterocycles. The van der Waals surface area contributed by atoms with Gasteiger partial charge in [-0.15, -0.1) is 0 Å². The number of carbonyl (C=O) groups excluding carboxylic acids is 1. The van der Waals surface area contributed by atoms with Gasteiger partial charge in [-0.2, -0.15) is 0 Å². The highest BCUT2D eigenvalue weighted by atomic mass is 35.5. The minimum atomic E-state index is -1.04. The van der Waals surface area contributed by atoms with Crippen molar-refractivity contribution < 1.29 is 18.0 Å². The highest BCUT2D eigenvalue weighted by Crippen LogP contribution is 2.24. The Labute approximate surface area is 142 Å². The lowest BCUT2D eigenvalue weighted by Crippen LogP contribution is -2.21. The average Bonchev–Trinajstić information content (AvgIpc) is 2.54. The molecule has 2 aromatic rings. The summed E-state index contributed by atoms with van der Waals surface area (Å²) in [5, 5.41) is 5.42. The normalized spacial score (nSPS) is 12.0. The van der Waals surface area contributed by atoms with Crippen molar-refractivity contribution in [3.8, 4) is 0 Å². The van der Waals surface area contributed by atoms with E-state index < -0.39 is 17.5 Å². The molecular weight excluding hydrogens is 341 g/mol. The predicted octanol–water partition coefficient (Wildman–Crippen LogP) is 4.22. The van der Waals surface area contributed by atoms with Crippen molar-refractivity contribution in [1.82, 2.24) is 5.32 Å². The Kier molecular flexibility index (Phi) is 6.23. The van der Waals surface area contributed by atoms with Gasteiger partial charge in [0.2, 0.25) is 6.41 Å². The number of halogens is 4. The first kappa shape index (κ1) is 18.3. The van der Waals surface area contributed by atoms with E-state index in [0.29, 0.717) is 24.1 Å². The van der Waals surface area contributed by atoms with Gasteiger partial charge in [-0.1, -0.05) is 30.7 Å². The third kappa shape index (κ3) is 4.27. The number of rotatable bonds is 7. The second-order valence-electron chi connectivity index (χ2n) is 5.36. The zero-order valence-electron chi connectivity index (χ0n) is 12.9. The average molecular weight is 357 g/mol. The fourth-order valence-corrected chi connectivity index (χ4v) is 2.55. The van der Waals surface area contributed by atoms with Crippen LogP contribution in [0, 0.1) is 17.5 Å². The van der Waals surface area contributed by atoms with Crippen molar-refractivity contribution in [2.75, 3.05) is 11.9 Å². The van der Waals surface area contributed by atoms with Gasteiger partial charge in [-0.3, -0.25) is 4.79 Å². The van der Waals surface area contributed by atoms with Gasteiger partial charge in [0.05, 0.1) is 5.02 Å². The molecule has 1 unspecified atom stereocenters. The molecule has 0 aliphatic carbocycles. The van der Waals surface area contributed by atoms with E-state index in [1.165, 1.54) is 6.07 Å². The summed E-state index contributed by atoms with van der Waals surface area (Å²) >= 11 is 5.76. The molecule has 1 atom stereocenters. The van der Waals surface area contributed by atoms with E-state index in [2.05, 4.69) is 10.6 Å². The second kappa shape index (κ2) is 8.17. The Bertz CT molecular complexity index is 740. The van der Waals surface area contributed by atoms with E-state index in [1.54, 1.807) is 12.1 Å². The third-order valence-electron chi connectivity index (χ3n) is 3.64. The molecule has 0 aliphatic rings. The maximum absolute atomic E-state index is 14.0. The molecule has 7 heteroatoms. The van der Waals surface area contributed by atoms with Crippen LogP contribution < -0.4 is 10.6 Å². The number of hydrogen-bond donors (Lipinski definition) is 2. The molecule has 0 spiro atoms. The summed E-state index contributed by atoms with van der Waals surface area (Å²) < 4.78 is 40.6. The number of hydrogen-bond acceptors (Lipinski definition) is 2. The summed E-state index contributed by atoms with van der Waals surface area (Å²) in [6.45, 7) is 2.38. The Morgan fingerprint density at radius 1 is 1.21 bits per heavy atom. The Hall–Kier alpha value is -2.05. The van der Waals surface area contributed by atoms with E-state index in [4.69, 9.17) is 11.6 Å². The van der Waals surface area contributed by atoms with Gasteiger partial charge in [0.15, 0.2) is 11.6 Å². The zero-order valence-corrected chi connectivity index (χ0v) is 13.6. The molecule has 0 radical (unpaired) electrons. The van der Waals surface area contributed by atoms with E-state index in [1.807, 2.05) is 6.92 Å². The standard InChI is InChI=1S/C17H16ClF3N2O/c1-10(12-3-2-4-13(18)17(12)21)7-22-8-11-5-14(19)15(20)6-16(11)23-9-24/h2-6,9-10,22H,7-8H2,1H3,(H,23,24). The van der Waals surface area contributed by atoms with Crippen LogP contribution in [-0.4, -0.2) is 13.0 Å². The number of nitrogens with one attached hydrogen (secondary N) is 2. The number of amides is 1. The van der Waals surface area contributed by atoms with E-state index in [9.17, 15) is 18.0 Å². The Morgan fingerprint density at radius 2 is 1.92 bits per heavy atom. The molecule has 2 aromatic carbocycles. The SMILES string of the molecule is CC(CNCc1cc(F)c(F)cc1NC=O)c1cccc(Cl)c1F. The van der Waals surface area contributed by atoms with Crippen LogP contribution in [0.4, 0.5) is 18.9 Å². The lowest BCUT2D eigenvalue weighted by atomic mass is 10.0. The molecule has 0 aliphatic heterocycles. The van der Waals surface area contributed by atoms with Crippen molar-refractivity contribution >= 4 is 23.7 Å². The molecule has 0 fully saturated rings. The monoisotopic (exact) mass is 356 g/mol. The van der Waals surface area contributed by atoms with Crippen LogP contribution in [0.2, 0.25) is 5.02 Å². The van der Waals surface area contributed by atoms with Crippen LogP contribution in [0.1, 0.15) is 24.0 Å². The molecule has 1 amide bonds. The van der Waals surface area contributed by atoms with E-state index in [-0.39, 0.29) is 23.2 Å². The highest BCUT2D eigenvalue weighted by Gasteiger charge is 2.14. The largest absolute Gasteiger partial charge is 0.328 e. The molecule has 3 nitrogen and oxygen atoms in total. The molecule has 2 rings (SSSR count). The van der Waals surface area contributed by atoms with Gasteiger partial charge in [0.1, 0.15) is 5.82 Å².